The summed E-state index contributed by atoms with van der Waals surface area (Å²) in [5, 5.41) is 2.70. The average Bonchev–Trinajstić information content (AvgIpc) is 2.82. The second-order valence-corrected chi connectivity index (χ2v) is 7.72. The van der Waals surface area contributed by atoms with Gasteiger partial charge in [0.2, 0.25) is 0 Å². The van der Waals surface area contributed by atoms with E-state index < -0.39 is 5.54 Å². The Hall–Kier alpha value is -2.41. The summed E-state index contributed by atoms with van der Waals surface area (Å²) in [6.07, 6.45) is 1.66. The van der Waals surface area contributed by atoms with Gasteiger partial charge in [0.05, 0.1) is 0 Å². The zero-order valence-corrected chi connectivity index (χ0v) is 16.1. The molecule has 27 heavy (non-hydrogen) atoms. The Kier molecular flexibility index (Phi) is 5.79. The highest BCUT2D eigenvalue weighted by molar-refractivity contribution is 6.06. The molecule has 7 nitrogen and oxygen atoms in total. The van der Waals surface area contributed by atoms with E-state index in [-0.39, 0.29) is 17.8 Å². The van der Waals surface area contributed by atoms with Gasteiger partial charge >= 0.3 is 6.03 Å². The number of hydrogen-bond donors (Lipinski definition) is 1. The average molecular weight is 372 g/mol. The minimum Gasteiger partial charge on any atom is -0.337 e. The van der Waals surface area contributed by atoms with Gasteiger partial charge in [0.1, 0.15) is 5.54 Å². The van der Waals surface area contributed by atoms with E-state index in [9.17, 15) is 14.4 Å². The van der Waals surface area contributed by atoms with E-state index in [1.165, 1.54) is 4.90 Å². The lowest BCUT2D eigenvalue weighted by Crippen LogP contribution is -2.40. The van der Waals surface area contributed by atoms with E-state index in [0.717, 1.165) is 44.6 Å². The summed E-state index contributed by atoms with van der Waals surface area (Å²) in [6.45, 7) is 7.87. The van der Waals surface area contributed by atoms with Crippen LogP contribution in [-0.2, 0) is 4.79 Å². The molecule has 0 spiro atoms. The highest BCUT2D eigenvalue weighted by Crippen LogP contribution is 2.17. The minimum atomic E-state index is -0.808. The number of amides is 4. The quantitative estimate of drug-likeness (QED) is 0.796. The third-order valence-corrected chi connectivity index (χ3v) is 5.20. The number of rotatable bonds is 5. The van der Waals surface area contributed by atoms with Gasteiger partial charge in [0, 0.05) is 31.7 Å². The molecule has 2 saturated heterocycles. The number of carbonyl (C=O) groups is 3. The summed E-state index contributed by atoms with van der Waals surface area (Å²) >= 11 is 0. The molecule has 2 fully saturated rings. The molecule has 4 amide bonds. The summed E-state index contributed by atoms with van der Waals surface area (Å²) in [6, 6.07) is 9.08. The van der Waals surface area contributed by atoms with Crippen LogP contribution in [0.1, 0.15) is 37.0 Å². The topological polar surface area (TPSA) is 73.0 Å². The van der Waals surface area contributed by atoms with Crippen molar-refractivity contribution in [2.75, 3.05) is 39.3 Å². The van der Waals surface area contributed by atoms with Crippen molar-refractivity contribution in [3.05, 3.63) is 35.9 Å². The number of nitrogens with one attached hydrogen (secondary N) is 1. The SMILES string of the molecule is CC1(C)NC(=O)N(CCCN2CCCN(C(=O)c3ccccc3)CC2)C1=O. The van der Waals surface area contributed by atoms with E-state index in [1.807, 2.05) is 35.2 Å². The Morgan fingerprint density at radius 1 is 1.04 bits per heavy atom. The van der Waals surface area contributed by atoms with Crippen LogP contribution in [0, 0.1) is 0 Å². The third kappa shape index (κ3) is 4.47. The number of benzene rings is 1. The zero-order valence-electron chi connectivity index (χ0n) is 16.1. The molecule has 0 atom stereocenters. The molecule has 0 unspecified atom stereocenters. The van der Waals surface area contributed by atoms with Crippen molar-refractivity contribution in [2.45, 2.75) is 32.2 Å². The van der Waals surface area contributed by atoms with Crippen molar-refractivity contribution in [2.24, 2.45) is 0 Å². The Morgan fingerprint density at radius 2 is 1.78 bits per heavy atom. The second-order valence-electron chi connectivity index (χ2n) is 7.72. The van der Waals surface area contributed by atoms with Crippen LogP contribution in [-0.4, -0.2) is 77.4 Å². The van der Waals surface area contributed by atoms with Crippen molar-refractivity contribution < 1.29 is 14.4 Å². The first kappa shape index (κ1) is 19.4. The van der Waals surface area contributed by atoms with Crippen molar-refractivity contribution in [1.82, 2.24) is 20.0 Å². The molecule has 0 aromatic heterocycles. The van der Waals surface area contributed by atoms with Crippen LogP contribution < -0.4 is 5.32 Å². The van der Waals surface area contributed by atoms with Gasteiger partial charge in [0.25, 0.3) is 11.8 Å². The largest absolute Gasteiger partial charge is 0.337 e. The van der Waals surface area contributed by atoms with Crippen molar-refractivity contribution in [3.63, 3.8) is 0 Å². The molecule has 0 bridgehead atoms. The maximum absolute atomic E-state index is 12.6. The highest BCUT2D eigenvalue weighted by Gasteiger charge is 2.43. The molecule has 7 heteroatoms. The molecule has 1 aromatic rings. The lowest BCUT2D eigenvalue weighted by Gasteiger charge is -2.23. The zero-order chi connectivity index (χ0) is 19.4. The molecule has 1 aromatic carbocycles. The Balaban J connectivity index is 1.46. The molecular weight excluding hydrogens is 344 g/mol. The summed E-state index contributed by atoms with van der Waals surface area (Å²) < 4.78 is 0. The Labute approximate surface area is 160 Å². The monoisotopic (exact) mass is 372 g/mol. The van der Waals surface area contributed by atoms with Gasteiger partial charge in [-0.25, -0.2) is 4.79 Å². The smallest absolute Gasteiger partial charge is 0.325 e. The third-order valence-electron chi connectivity index (χ3n) is 5.20. The molecule has 2 aliphatic heterocycles. The molecule has 1 N–H and O–H groups in total. The summed E-state index contributed by atoms with van der Waals surface area (Å²) in [5.41, 5.74) is -0.0787. The predicted molar refractivity (Wildman–Crippen MR) is 102 cm³/mol. The lowest BCUT2D eigenvalue weighted by molar-refractivity contribution is -0.130. The Bertz CT molecular complexity index is 704. The molecule has 2 aliphatic rings. The highest BCUT2D eigenvalue weighted by atomic mass is 16.2. The fourth-order valence-corrected chi connectivity index (χ4v) is 3.63. The van der Waals surface area contributed by atoms with Crippen molar-refractivity contribution >= 4 is 17.8 Å². The molecule has 0 radical (unpaired) electrons. The maximum atomic E-state index is 12.6. The number of nitrogens with zero attached hydrogens (tertiary/aromatic N) is 3. The standard InChI is InChI=1S/C20H28N4O3/c1-20(2)18(26)24(19(27)21-20)13-7-11-22-10-6-12-23(15-14-22)17(25)16-8-4-3-5-9-16/h3-5,8-9H,6-7,10-15H2,1-2H3,(H,21,27). The minimum absolute atomic E-state index is 0.0824. The molecule has 0 saturated carbocycles. The van der Waals surface area contributed by atoms with E-state index in [1.54, 1.807) is 13.8 Å². The van der Waals surface area contributed by atoms with Crippen LogP contribution in [0.25, 0.3) is 0 Å². The van der Waals surface area contributed by atoms with Crippen LogP contribution in [0.15, 0.2) is 30.3 Å². The molecular formula is C20H28N4O3. The first-order valence-corrected chi connectivity index (χ1v) is 9.59. The van der Waals surface area contributed by atoms with Gasteiger partial charge in [-0.05, 0) is 51.9 Å². The number of hydrogen-bond acceptors (Lipinski definition) is 4. The van der Waals surface area contributed by atoms with Crippen molar-refractivity contribution in [1.29, 1.82) is 0 Å². The summed E-state index contributed by atoms with van der Waals surface area (Å²) in [5.74, 6) is -0.0815. The number of imide groups is 1. The molecule has 146 valence electrons. The van der Waals surface area contributed by atoms with Crippen molar-refractivity contribution in [3.8, 4) is 0 Å². The van der Waals surface area contributed by atoms with Gasteiger partial charge < -0.3 is 15.1 Å². The van der Waals surface area contributed by atoms with Gasteiger partial charge in [-0.15, -0.1) is 0 Å². The van der Waals surface area contributed by atoms with Gasteiger partial charge in [-0.2, -0.15) is 0 Å². The van der Waals surface area contributed by atoms with E-state index >= 15 is 0 Å². The summed E-state index contributed by atoms with van der Waals surface area (Å²) in [7, 11) is 0. The molecule has 3 rings (SSSR count). The van der Waals surface area contributed by atoms with E-state index in [2.05, 4.69) is 10.2 Å². The fraction of sp³-hybridized carbons (Fsp3) is 0.550. The Morgan fingerprint density at radius 3 is 2.44 bits per heavy atom. The van der Waals surface area contributed by atoms with Crippen LogP contribution >= 0.6 is 0 Å². The molecule has 2 heterocycles. The fourth-order valence-electron chi connectivity index (χ4n) is 3.63. The molecule has 0 aliphatic carbocycles. The van der Waals surface area contributed by atoms with Crippen LogP contribution in [0.4, 0.5) is 4.79 Å². The van der Waals surface area contributed by atoms with Crippen LogP contribution in [0.3, 0.4) is 0 Å². The number of carbonyl (C=O) groups excluding carboxylic acids is 3. The van der Waals surface area contributed by atoms with Gasteiger partial charge in [-0.3, -0.25) is 14.5 Å². The lowest BCUT2D eigenvalue weighted by atomic mass is 10.1. The second kappa shape index (κ2) is 8.08. The maximum Gasteiger partial charge on any atom is 0.325 e. The first-order chi connectivity index (χ1) is 12.9. The first-order valence-electron chi connectivity index (χ1n) is 9.59. The van der Waals surface area contributed by atoms with E-state index in [4.69, 9.17) is 0 Å². The van der Waals surface area contributed by atoms with Crippen LogP contribution in [0.2, 0.25) is 0 Å². The van der Waals surface area contributed by atoms with Gasteiger partial charge in [0.15, 0.2) is 0 Å². The normalized spacial score (nSPS) is 20.5. The van der Waals surface area contributed by atoms with E-state index in [0.29, 0.717) is 13.1 Å². The van der Waals surface area contributed by atoms with Gasteiger partial charge in [-0.1, -0.05) is 18.2 Å². The predicted octanol–water partition coefficient (Wildman–Crippen LogP) is 1.55. The number of urea groups is 1. The summed E-state index contributed by atoms with van der Waals surface area (Å²) in [4.78, 5) is 42.3. The van der Waals surface area contributed by atoms with Crippen LogP contribution in [0.5, 0.6) is 0 Å².